The fourth-order valence-electron chi connectivity index (χ4n) is 2.38. The molecule has 0 aliphatic heterocycles. The summed E-state index contributed by atoms with van der Waals surface area (Å²) in [7, 11) is 0. The molecule has 0 fully saturated rings. The second kappa shape index (κ2) is 8.08. The number of hydrogen-bond acceptors (Lipinski definition) is 2. The van der Waals surface area contributed by atoms with E-state index in [9.17, 15) is 0 Å². The molecular formula is C14H31NO. The highest BCUT2D eigenvalue weighted by Gasteiger charge is 2.33. The number of rotatable bonds is 9. The number of hydrogen-bond donors (Lipinski definition) is 1. The Labute approximate surface area is 102 Å². The molecule has 0 spiro atoms. The fraction of sp³-hybridized carbons (Fsp3) is 1.00. The van der Waals surface area contributed by atoms with Crippen molar-refractivity contribution in [2.75, 3.05) is 6.61 Å². The summed E-state index contributed by atoms with van der Waals surface area (Å²) in [4.78, 5) is 0. The lowest BCUT2D eigenvalue weighted by atomic mass is 9.85. The van der Waals surface area contributed by atoms with Crippen LogP contribution in [0.25, 0.3) is 0 Å². The normalized spacial score (nSPS) is 14.4. The van der Waals surface area contributed by atoms with Crippen molar-refractivity contribution in [2.45, 2.75) is 78.4 Å². The summed E-state index contributed by atoms with van der Waals surface area (Å²) in [6.07, 6.45) is 5.59. The predicted molar refractivity (Wildman–Crippen MR) is 71.6 cm³/mol. The van der Waals surface area contributed by atoms with Gasteiger partial charge < -0.3 is 10.5 Å². The molecule has 0 aliphatic rings. The van der Waals surface area contributed by atoms with Gasteiger partial charge in [0.05, 0.1) is 5.60 Å². The zero-order valence-corrected chi connectivity index (χ0v) is 11.9. The SMILES string of the molecule is CCOC(CC)(CC)C(N)CCCC(C)C. The molecule has 0 rings (SSSR count). The zero-order chi connectivity index (χ0) is 12.6. The first-order chi connectivity index (χ1) is 7.52. The van der Waals surface area contributed by atoms with E-state index < -0.39 is 0 Å². The Morgan fingerprint density at radius 2 is 1.62 bits per heavy atom. The Morgan fingerprint density at radius 3 is 2.00 bits per heavy atom. The Bertz CT molecular complexity index is 164. The van der Waals surface area contributed by atoms with Crippen molar-refractivity contribution in [3.05, 3.63) is 0 Å². The van der Waals surface area contributed by atoms with Crippen molar-refractivity contribution in [3.63, 3.8) is 0 Å². The quantitative estimate of drug-likeness (QED) is 0.654. The molecule has 2 heteroatoms. The van der Waals surface area contributed by atoms with Crippen LogP contribution in [0.15, 0.2) is 0 Å². The van der Waals surface area contributed by atoms with Crippen LogP contribution in [0.5, 0.6) is 0 Å². The Balaban J connectivity index is 4.20. The van der Waals surface area contributed by atoms with Crippen molar-refractivity contribution in [1.82, 2.24) is 0 Å². The van der Waals surface area contributed by atoms with Crippen molar-refractivity contribution in [2.24, 2.45) is 11.7 Å². The van der Waals surface area contributed by atoms with Gasteiger partial charge in [-0.15, -0.1) is 0 Å². The molecular weight excluding hydrogens is 198 g/mol. The first-order valence-electron chi connectivity index (χ1n) is 6.91. The Kier molecular flexibility index (Phi) is 8.04. The minimum Gasteiger partial charge on any atom is -0.374 e. The summed E-state index contributed by atoms with van der Waals surface area (Å²) in [6.45, 7) is 11.7. The first-order valence-corrected chi connectivity index (χ1v) is 6.91. The molecule has 0 aromatic carbocycles. The molecule has 1 unspecified atom stereocenters. The van der Waals surface area contributed by atoms with Crippen LogP contribution in [0.4, 0.5) is 0 Å². The maximum atomic E-state index is 6.32. The van der Waals surface area contributed by atoms with Crippen molar-refractivity contribution in [3.8, 4) is 0 Å². The van der Waals surface area contributed by atoms with E-state index in [0.717, 1.165) is 31.8 Å². The van der Waals surface area contributed by atoms with Crippen LogP contribution in [0.1, 0.15) is 66.7 Å². The Hall–Kier alpha value is -0.0800. The van der Waals surface area contributed by atoms with Gasteiger partial charge in [-0.3, -0.25) is 0 Å². The standard InChI is InChI=1S/C14H31NO/c1-6-14(7-2,16-8-3)13(15)11-9-10-12(4)5/h12-13H,6-11,15H2,1-5H3. The molecule has 2 nitrogen and oxygen atoms in total. The third-order valence-corrected chi connectivity index (χ3v) is 3.60. The molecule has 1 atom stereocenters. The van der Waals surface area contributed by atoms with E-state index in [1.54, 1.807) is 0 Å². The fourth-order valence-corrected chi connectivity index (χ4v) is 2.38. The van der Waals surface area contributed by atoms with Gasteiger partial charge in [-0.2, -0.15) is 0 Å². The van der Waals surface area contributed by atoms with Gasteiger partial charge in [0.1, 0.15) is 0 Å². The predicted octanol–water partition coefficient (Wildman–Crippen LogP) is 3.74. The average molecular weight is 229 g/mol. The molecule has 0 saturated carbocycles. The van der Waals surface area contributed by atoms with Crippen LogP contribution in [-0.4, -0.2) is 18.2 Å². The maximum Gasteiger partial charge on any atom is 0.0827 e. The summed E-state index contributed by atoms with van der Waals surface area (Å²) in [5, 5.41) is 0. The van der Waals surface area contributed by atoms with Crippen LogP contribution < -0.4 is 5.73 Å². The molecule has 0 saturated heterocycles. The van der Waals surface area contributed by atoms with Gasteiger partial charge in [0.2, 0.25) is 0 Å². The lowest BCUT2D eigenvalue weighted by Gasteiger charge is -2.37. The molecule has 0 aliphatic carbocycles. The molecule has 0 bridgehead atoms. The molecule has 16 heavy (non-hydrogen) atoms. The molecule has 98 valence electrons. The summed E-state index contributed by atoms with van der Waals surface area (Å²) in [6, 6.07) is 0.182. The largest absolute Gasteiger partial charge is 0.374 e. The van der Waals surface area contributed by atoms with E-state index in [2.05, 4.69) is 34.6 Å². The molecule has 0 aromatic rings. The summed E-state index contributed by atoms with van der Waals surface area (Å²) in [5.41, 5.74) is 6.23. The molecule has 0 heterocycles. The maximum absolute atomic E-state index is 6.32. The van der Waals surface area contributed by atoms with Gasteiger partial charge >= 0.3 is 0 Å². The summed E-state index contributed by atoms with van der Waals surface area (Å²) < 4.78 is 5.92. The third kappa shape index (κ3) is 4.84. The lowest BCUT2D eigenvalue weighted by Crippen LogP contribution is -2.49. The van der Waals surface area contributed by atoms with Crippen LogP contribution in [0.2, 0.25) is 0 Å². The van der Waals surface area contributed by atoms with Crippen LogP contribution >= 0.6 is 0 Å². The minimum atomic E-state index is -0.0915. The smallest absolute Gasteiger partial charge is 0.0827 e. The molecule has 0 radical (unpaired) electrons. The highest BCUT2D eigenvalue weighted by Crippen LogP contribution is 2.27. The van der Waals surface area contributed by atoms with Crippen molar-refractivity contribution in [1.29, 1.82) is 0 Å². The van der Waals surface area contributed by atoms with E-state index in [4.69, 9.17) is 10.5 Å². The first kappa shape index (κ1) is 15.9. The topological polar surface area (TPSA) is 35.2 Å². The van der Waals surface area contributed by atoms with Crippen LogP contribution in [0.3, 0.4) is 0 Å². The molecule has 0 amide bonds. The van der Waals surface area contributed by atoms with E-state index in [0.29, 0.717) is 0 Å². The molecule has 0 aromatic heterocycles. The van der Waals surface area contributed by atoms with E-state index in [1.165, 1.54) is 12.8 Å². The van der Waals surface area contributed by atoms with Crippen molar-refractivity contribution >= 4 is 0 Å². The summed E-state index contributed by atoms with van der Waals surface area (Å²) >= 11 is 0. The Morgan fingerprint density at radius 1 is 1.06 bits per heavy atom. The second-order valence-electron chi connectivity index (χ2n) is 5.14. The monoisotopic (exact) mass is 229 g/mol. The highest BCUT2D eigenvalue weighted by atomic mass is 16.5. The number of nitrogens with two attached hydrogens (primary N) is 1. The minimum absolute atomic E-state index is 0.0915. The van der Waals surface area contributed by atoms with Gasteiger partial charge in [0, 0.05) is 12.6 Å². The second-order valence-corrected chi connectivity index (χ2v) is 5.14. The summed E-state index contributed by atoms with van der Waals surface area (Å²) in [5.74, 6) is 0.775. The number of ether oxygens (including phenoxy) is 1. The van der Waals surface area contributed by atoms with Crippen LogP contribution in [-0.2, 0) is 4.74 Å². The van der Waals surface area contributed by atoms with E-state index >= 15 is 0 Å². The van der Waals surface area contributed by atoms with E-state index in [-0.39, 0.29) is 11.6 Å². The van der Waals surface area contributed by atoms with Gasteiger partial charge in [0.25, 0.3) is 0 Å². The van der Waals surface area contributed by atoms with E-state index in [1.807, 2.05) is 0 Å². The molecule has 2 N–H and O–H groups in total. The van der Waals surface area contributed by atoms with Gasteiger partial charge in [-0.1, -0.05) is 40.5 Å². The van der Waals surface area contributed by atoms with Gasteiger partial charge in [-0.05, 0) is 32.1 Å². The average Bonchev–Trinajstić information content (AvgIpc) is 2.25. The lowest BCUT2D eigenvalue weighted by molar-refractivity contribution is -0.0655. The van der Waals surface area contributed by atoms with Gasteiger partial charge in [0.15, 0.2) is 0 Å². The van der Waals surface area contributed by atoms with Crippen molar-refractivity contribution < 1.29 is 4.74 Å². The van der Waals surface area contributed by atoms with Crippen LogP contribution in [0, 0.1) is 5.92 Å². The van der Waals surface area contributed by atoms with Gasteiger partial charge in [-0.25, -0.2) is 0 Å². The zero-order valence-electron chi connectivity index (χ0n) is 11.9. The highest BCUT2D eigenvalue weighted by molar-refractivity contribution is 4.89. The third-order valence-electron chi connectivity index (χ3n) is 3.60.